The first-order valence-corrected chi connectivity index (χ1v) is 5.55. The zero-order chi connectivity index (χ0) is 12.4. The number of nitrogens with one attached hydrogen (secondary N) is 1. The molecule has 2 rings (SSSR count). The maximum atomic E-state index is 13.6. The predicted molar refractivity (Wildman–Crippen MR) is 63.4 cm³/mol. The lowest BCUT2D eigenvalue weighted by Crippen LogP contribution is -2.27. The van der Waals surface area contributed by atoms with Crippen LogP contribution in [0.2, 0.25) is 0 Å². The smallest absolute Gasteiger partial charge is 0.340 e. The summed E-state index contributed by atoms with van der Waals surface area (Å²) in [7, 11) is 1.27. The highest BCUT2D eigenvalue weighted by Crippen LogP contribution is 2.28. The zero-order valence-corrected chi connectivity index (χ0v) is 9.63. The van der Waals surface area contributed by atoms with Gasteiger partial charge in [0.05, 0.1) is 18.4 Å². The van der Waals surface area contributed by atoms with E-state index in [4.69, 9.17) is 5.73 Å². The maximum absolute atomic E-state index is 13.6. The monoisotopic (exact) mass is 238 g/mol. The molecule has 0 unspecified atom stereocenters. The Morgan fingerprint density at radius 3 is 2.76 bits per heavy atom. The fourth-order valence-electron chi connectivity index (χ4n) is 1.76. The van der Waals surface area contributed by atoms with E-state index in [9.17, 15) is 9.18 Å². The van der Waals surface area contributed by atoms with Gasteiger partial charge in [0.2, 0.25) is 0 Å². The largest absolute Gasteiger partial charge is 0.465 e. The van der Waals surface area contributed by atoms with E-state index in [2.05, 4.69) is 10.1 Å². The van der Waals surface area contributed by atoms with Crippen LogP contribution in [0.5, 0.6) is 0 Å². The molecule has 0 amide bonds. The number of anilines is 2. The lowest BCUT2D eigenvalue weighted by atomic mass is 9.93. The number of carbonyl (C=O) groups is 1. The number of methoxy groups -OCH3 is 1. The highest BCUT2D eigenvalue weighted by molar-refractivity contribution is 5.96. The van der Waals surface area contributed by atoms with Crippen LogP contribution in [0.4, 0.5) is 15.8 Å². The first-order chi connectivity index (χ1) is 8.11. The van der Waals surface area contributed by atoms with Gasteiger partial charge in [0.25, 0.3) is 0 Å². The molecule has 1 aromatic carbocycles. The average Bonchev–Trinajstić information content (AvgIpc) is 2.24. The van der Waals surface area contributed by atoms with E-state index >= 15 is 0 Å². The van der Waals surface area contributed by atoms with E-state index in [0.29, 0.717) is 11.7 Å². The Labute approximate surface area is 98.9 Å². The minimum absolute atomic E-state index is 0.0912. The molecule has 0 aliphatic heterocycles. The summed E-state index contributed by atoms with van der Waals surface area (Å²) in [4.78, 5) is 11.4. The Hall–Kier alpha value is -1.78. The third-order valence-corrected chi connectivity index (χ3v) is 3.01. The summed E-state index contributed by atoms with van der Waals surface area (Å²) in [5.74, 6) is -0.999. The number of halogens is 1. The van der Waals surface area contributed by atoms with E-state index in [1.807, 2.05) is 0 Å². The van der Waals surface area contributed by atoms with Crippen molar-refractivity contribution in [3.63, 3.8) is 0 Å². The number of nitrogens with two attached hydrogens (primary N) is 1. The minimum atomic E-state index is -0.556. The van der Waals surface area contributed by atoms with Crippen molar-refractivity contribution < 1.29 is 13.9 Å². The molecule has 0 spiro atoms. The zero-order valence-electron chi connectivity index (χ0n) is 9.63. The van der Waals surface area contributed by atoms with Gasteiger partial charge in [-0.3, -0.25) is 0 Å². The molecule has 3 N–H and O–H groups in total. The maximum Gasteiger partial charge on any atom is 0.340 e. The third-order valence-electron chi connectivity index (χ3n) is 3.01. The number of nitrogen functional groups attached to an aromatic ring is 1. The van der Waals surface area contributed by atoms with Crippen molar-refractivity contribution in [2.24, 2.45) is 0 Å². The summed E-state index contributed by atoms with van der Waals surface area (Å²) in [5.41, 5.74) is 6.17. The second-order valence-corrected chi connectivity index (χ2v) is 4.18. The average molecular weight is 238 g/mol. The number of esters is 1. The topological polar surface area (TPSA) is 64.3 Å². The van der Waals surface area contributed by atoms with Crippen molar-refractivity contribution in [1.29, 1.82) is 0 Å². The molecule has 1 saturated carbocycles. The van der Waals surface area contributed by atoms with E-state index in [1.54, 1.807) is 0 Å². The first-order valence-electron chi connectivity index (χ1n) is 5.55. The van der Waals surface area contributed by atoms with Crippen molar-refractivity contribution in [2.75, 3.05) is 18.2 Å². The summed E-state index contributed by atoms with van der Waals surface area (Å²) in [6, 6.07) is 2.85. The number of hydrogen-bond donors (Lipinski definition) is 2. The molecule has 5 heteroatoms. The van der Waals surface area contributed by atoms with Crippen LogP contribution >= 0.6 is 0 Å². The van der Waals surface area contributed by atoms with Crippen molar-refractivity contribution in [3.05, 3.63) is 23.5 Å². The van der Waals surface area contributed by atoms with Gasteiger partial charge in [0.1, 0.15) is 5.82 Å². The van der Waals surface area contributed by atoms with Gasteiger partial charge in [-0.05, 0) is 31.4 Å². The van der Waals surface area contributed by atoms with Crippen LogP contribution < -0.4 is 11.1 Å². The first kappa shape index (κ1) is 11.7. The van der Waals surface area contributed by atoms with Crippen LogP contribution in [-0.2, 0) is 4.74 Å². The lowest BCUT2D eigenvalue weighted by molar-refractivity contribution is 0.0602. The Morgan fingerprint density at radius 1 is 1.53 bits per heavy atom. The molecule has 1 aliphatic carbocycles. The standard InChI is InChI=1S/C12H15FN2O2/c1-17-12(16)8-5-11(9(13)6-10(8)14)15-7-3-2-4-7/h5-7,15H,2-4,14H2,1H3. The summed E-state index contributed by atoms with van der Waals surface area (Å²) < 4.78 is 18.2. The Morgan fingerprint density at radius 2 is 2.24 bits per heavy atom. The number of benzene rings is 1. The highest BCUT2D eigenvalue weighted by atomic mass is 19.1. The van der Waals surface area contributed by atoms with E-state index in [-0.39, 0.29) is 11.3 Å². The van der Waals surface area contributed by atoms with Gasteiger partial charge in [0.15, 0.2) is 0 Å². The van der Waals surface area contributed by atoms with Gasteiger partial charge < -0.3 is 15.8 Å². The van der Waals surface area contributed by atoms with E-state index in [1.165, 1.54) is 13.2 Å². The van der Waals surface area contributed by atoms with E-state index in [0.717, 1.165) is 25.3 Å². The molecule has 1 fully saturated rings. The van der Waals surface area contributed by atoms with Crippen LogP contribution in [0.3, 0.4) is 0 Å². The van der Waals surface area contributed by atoms with E-state index < -0.39 is 11.8 Å². The molecule has 0 saturated heterocycles. The summed E-state index contributed by atoms with van der Waals surface area (Å²) in [6.07, 6.45) is 3.20. The Balaban J connectivity index is 2.27. The summed E-state index contributed by atoms with van der Waals surface area (Å²) >= 11 is 0. The predicted octanol–water partition coefficient (Wildman–Crippen LogP) is 2.16. The number of carbonyl (C=O) groups excluding carboxylic acids is 1. The fourth-order valence-corrected chi connectivity index (χ4v) is 1.76. The third kappa shape index (κ3) is 2.33. The molecule has 0 bridgehead atoms. The van der Waals surface area contributed by atoms with Crippen LogP contribution in [0.15, 0.2) is 12.1 Å². The molecule has 0 aromatic heterocycles. The van der Waals surface area contributed by atoms with Gasteiger partial charge in [0, 0.05) is 11.7 Å². The molecule has 1 aliphatic rings. The molecule has 0 heterocycles. The van der Waals surface area contributed by atoms with Gasteiger partial charge in [-0.15, -0.1) is 0 Å². The second kappa shape index (κ2) is 4.61. The van der Waals surface area contributed by atoms with Gasteiger partial charge >= 0.3 is 5.97 Å². The highest BCUT2D eigenvalue weighted by Gasteiger charge is 2.20. The van der Waals surface area contributed by atoms with Gasteiger partial charge in [-0.1, -0.05) is 0 Å². The van der Waals surface area contributed by atoms with Gasteiger partial charge in [-0.2, -0.15) is 0 Å². The number of hydrogen-bond acceptors (Lipinski definition) is 4. The summed E-state index contributed by atoms with van der Waals surface area (Å²) in [6.45, 7) is 0. The van der Waals surface area contributed by atoms with Crippen LogP contribution in [0, 0.1) is 5.82 Å². The molecular formula is C12H15FN2O2. The van der Waals surface area contributed by atoms with Crippen molar-refractivity contribution in [3.8, 4) is 0 Å². The fraction of sp³-hybridized carbons (Fsp3) is 0.417. The van der Waals surface area contributed by atoms with Crippen LogP contribution in [0.25, 0.3) is 0 Å². The van der Waals surface area contributed by atoms with Crippen molar-refractivity contribution in [1.82, 2.24) is 0 Å². The van der Waals surface area contributed by atoms with Crippen LogP contribution in [0.1, 0.15) is 29.6 Å². The molecule has 0 radical (unpaired) electrons. The summed E-state index contributed by atoms with van der Waals surface area (Å²) in [5, 5.41) is 3.05. The SMILES string of the molecule is COC(=O)c1cc(NC2CCC2)c(F)cc1N. The lowest BCUT2D eigenvalue weighted by Gasteiger charge is -2.28. The molecule has 92 valence electrons. The normalized spacial score (nSPS) is 15.2. The number of ether oxygens (including phenoxy) is 1. The molecule has 4 nitrogen and oxygen atoms in total. The Bertz CT molecular complexity index is 444. The Kier molecular flexibility index (Phi) is 3.17. The quantitative estimate of drug-likeness (QED) is 0.625. The molecule has 1 aromatic rings. The van der Waals surface area contributed by atoms with Crippen molar-refractivity contribution in [2.45, 2.75) is 25.3 Å². The number of rotatable bonds is 3. The second-order valence-electron chi connectivity index (χ2n) is 4.18. The molecule has 0 atom stereocenters. The van der Waals surface area contributed by atoms with Gasteiger partial charge in [-0.25, -0.2) is 9.18 Å². The molecular weight excluding hydrogens is 223 g/mol. The molecule has 17 heavy (non-hydrogen) atoms. The van der Waals surface area contributed by atoms with Crippen LogP contribution in [-0.4, -0.2) is 19.1 Å². The van der Waals surface area contributed by atoms with Crippen molar-refractivity contribution >= 4 is 17.3 Å². The minimum Gasteiger partial charge on any atom is -0.465 e.